The third-order valence-electron chi connectivity index (χ3n) is 7.29. The highest BCUT2D eigenvalue weighted by atomic mass is 35.5. The highest BCUT2D eigenvalue weighted by molar-refractivity contribution is 7.89. The quantitative estimate of drug-likeness (QED) is 0.506. The Morgan fingerprint density at radius 3 is 2.16 bits per heavy atom. The van der Waals surface area contributed by atoms with Gasteiger partial charge in [-0.25, -0.2) is 17.2 Å². The molecule has 1 aliphatic heterocycles. The van der Waals surface area contributed by atoms with Crippen LogP contribution in [0.3, 0.4) is 0 Å². The van der Waals surface area contributed by atoms with Gasteiger partial charge < -0.3 is 0 Å². The Kier molecular flexibility index (Phi) is 8.34. The van der Waals surface area contributed by atoms with Crippen LogP contribution in [0.15, 0.2) is 18.2 Å². The summed E-state index contributed by atoms with van der Waals surface area (Å²) >= 11 is 0. The van der Waals surface area contributed by atoms with Crippen LogP contribution in [0.4, 0.5) is 8.78 Å². The van der Waals surface area contributed by atoms with E-state index in [0.717, 1.165) is 57.1 Å². The molecule has 5 nitrogen and oxygen atoms in total. The molecule has 1 aromatic rings. The second-order valence-corrected chi connectivity index (χ2v) is 11.4. The molecule has 9 heteroatoms. The van der Waals surface area contributed by atoms with E-state index in [1.165, 1.54) is 6.07 Å². The molecule has 1 saturated heterocycles. The summed E-state index contributed by atoms with van der Waals surface area (Å²) in [5.74, 6) is -1.51. The van der Waals surface area contributed by atoms with Crippen LogP contribution in [0.25, 0.3) is 0 Å². The molecule has 2 saturated carbocycles. The van der Waals surface area contributed by atoms with Gasteiger partial charge in [0, 0.05) is 38.1 Å². The molecule has 0 spiro atoms. The molecule has 3 aliphatic rings. The van der Waals surface area contributed by atoms with Crippen LogP contribution >= 0.6 is 12.4 Å². The maximum Gasteiger partial charge on any atom is 0.214 e. The maximum absolute atomic E-state index is 14.0. The van der Waals surface area contributed by atoms with Crippen molar-refractivity contribution in [2.45, 2.75) is 63.3 Å². The summed E-state index contributed by atoms with van der Waals surface area (Å²) in [5, 5.41) is 0. The molecule has 0 radical (unpaired) electrons. The summed E-state index contributed by atoms with van der Waals surface area (Å²) in [6.07, 6.45) is 7.81. The lowest BCUT2D eigenvalue weighted by molar-refractivity contribution is 0.0165. The van der Waals surface area contributed by atoms with Crippen LogP contribution in [0.5, 0.6) is 0 Å². The normalized spacial score (nSPS) is 22.3. The highest BCUT2D eigenvalue weighted by Crippen LogP contribution is 2.39. The standard InChI is InChI=1S/C23H32F2N2O3S.ClH/c24-19-5-4-6-20(25)22(19)21(28)9-12-23(10-2-1-3-11-23)26-13-15-27(16-14-26)31(29,30)17-18-7-8-18;/h4-6,18H,1-3,7-17H2;1H. The highest BCUT2D eigenvalue weighted by Gasteiger charge is 2.41. The van der Waals surface area contributed by atoms with Gasteiger partial charge in [0.2, 0.25) is 10.0 Å². The number of carbonyl (C=O) groups excluding carboxylic acids is 1. The summed E-state index contributed by atoms with van der Waals surface area (Å²) in [7, 11) is -3.20. The zero-order chi connectivity index (χ0) is 22.1. The van der Waals surface area contributed by atoms with Crippen LogP contribution in [-0.4, -0.2) is 60.9 Å². The third-order valence-corrected chi connectivity index (χ3v) is 9.33. The lowest BCUT2D eigenvalue weighted by Crippen LogP contribution is -2.59. The van der Waals surface area contributed by atoms with Gasteiger partial charge in [0.25, 0.3) is 0 Å². The second-order valence-electron chi connectivity index (χ2n) is 9.41. The largest absolute Gasteiger partial charge is 0.295 e. The van der Waals surface area contributed by atoms with Crippen molar-refractivity contribution in [3.8, 4) is 0 Å². The number of hydrogen-bond acceptors (Lipinski definition) is 4. The molecule has 180 valence electrons. The fraction of sp³-hybridized carbons (Fsp3) is 0.696. The first-order chi connectivity index (χ1) is 14.8. The van der Waals surface area contributed by atoms with Crippen molar-refractivity contribution in [3.05, 3.63) is 35.4 Å². The molecule has 3 fully saturated rings. The number of benzene rings is 1. The van der Waals surface area contributed by atoms with Crippen molar-refractivity contribution in [1.29, 1.82) is 0 Å². The predicted octanol–water partition coefficient (Wildman–Crippen LogP) is 4.41. The molecule has 0 N–H and O–H groups in total. The molecular formula is C23H33ClF2N2O3S. The molecular weight excluding hydrogens is 458 g/mol. The van der Waals surface area contributed by atoms with Crippen molar-refractivity contribution in [1.82, 2.24) is 9.21 Å². The molecule has 32 heavy (non-hydrogen) atoms. The molecule has 0 atom stereocenters. The van der Waals surface area contributed by atoms with E-state index < -0.39 is 33.0 Å². The lowest BCUT2D eigenvalue weighted by atomic mass is 9.76. The summed E-state index contributed by atoms with van der Waals surface area (Å²) < 4.78 is 54.9. The van der Waals surface area contributed by atoms with Crippen LogP contribution in [0, 0.1) is 17.6 Å². The first-order valence-electron chi connectivity index (χ1n) is 11.5. The lowest BCUT2D eigenvalue weighted by Gasteiger charge is -2.50. The minimum atomic E-state index is -3.20. The Morgan fingerprint density at radius 1 is 1.00 bits per heavy atom. The van der Waals surface area contributed by atoms with Crippen molar-refractivity contribution in [2.24, 2.45) is 5.92 Å². The van der Waals surface area contributed by atoms with Crippen LogP contribution in [0.1, 0.15) is 68.1 Å². The number of sulfonamides is 1. The number of ketones is 1. The topological polar surface area (TPSA) is 57.7 Å². The van der Waals surface area contributed by atoms with Crippen molar-refractivity contribution in [2.75, 3.05) is 31.9 Å². The average molecular weight is 491 g/mol. The summed E-state index contributed by atoms with van der Waals surface area (Å²) in [5.41, 5.74) is -0.633. The van der Waals surface area contributed by atoms with Crippen LogP contribution < -0.4 is 0 Å². The molecule has 4 rings (SSSR count). The summed E-state index contributed by atoms with van der Waals surface area (Å²) in [6, 6.07) is 3.50. The Morgan fingerprint density at radius 2 is 1.59 bits per heavy atom. The molecule has 0 unspecified atom stereocenters. The molecule has 0 bridgehead atoms. The second kappa shape index (κ2) is 10.5. The van der Waals surface area contributed by atoms with E-state index in [-0.39, 0.29) is 30.1 Å². The van der Waals surface area contributed by atoms with E-state index in [4.69, 9.17) is 0 Å². The molecule has 0 aromatic heterocycles. The monoisotopic (exact) mass is 490 g/mol. The van der Waals surface area contributed by atoms with Gasteiger partial charge in [0.15, 0.2) is 5.78 Å². The van der Waals surface area contributed by atoms with E-state index in [2.05, 4.69) is 4.90 Å². The van der Waals surface area contributed by atoms with Crippen molar-refractivity contribution in [3.63, 3.8) is 0 Å². The zero-order valence-corrected chi connectivity index (χ0v) is 20.0. The van der Waals surface area contributed by atoms with Gasteiger partial charge in [-0.2, -0.15) is 4.31 Å². The number of carbonyl (C=O) groups is 1. The Balaban J connectivity index is 0.00000289. The maximum atomic E-state index is 14.0. The molecule has 0 amide bonds. The third kappa shape index (κ3) is 5.69. The number of Topliss-reactive ketones (excluding diaryl/α,β-unsaturated/α-hetero) is 1. The van der Waals surface area contributed by atoms with Crippen LogP contribution in [-0.2, 0) is 10.0 Å². The first kappa shape index (κ1) is 25.5. The average Bonchev–Trinajstić information content (AvgIpc) is 3.56. The fourth-order valence-corrected chi connectivity index (χ4v) is 7.16. The number of piperazine rings is 1. The van der Waals surface area contributed by atoms with E-state index in [0.29, 0.717) is 38.5 Å². The Labute approximate surface area is 196 Å². The Bertz CT molecular complexity index is 890. The molecule has 1 heterocycles. The van der Waals surface area contributed by atoms with Gasteiger partial charge in [-0.05, 0) is 50.2 Å². The van der Waals surface area contributed by atoms with Crippen LogP contribution in [0.2, 0.25) is 0 Å². The number of hydrogen-bond donors (Lipinski definition) is 0. The van der Waals surface area contributed by atoms with Gasteiger partial charge in [-0.15, -0.1) is 12.4 Å². The number of nitrogens with zero attached hydrogens (tertiary/aromatic N) is 2. The van der Waals surface area contributed by atoms with Gasteiger partial charge in [0.05, 0.1) is 11.3 Å². The minimum Gasteiger partial charge on any atom is -0.295 e. The van der Waals surface area contributed by atoms with Gasteiger partial charge in [-0.3, -0.25) is 9.69 Å². The van der Waals surface area contributed by atoms with E-state index in [9.17, 15) is 22.0 Å². The summed E-state index contributed by atoms with van der Waals surface area (Å²) in [4.78, 5) is 15.0. The first-order valence-corrected chi connectivity index (χ1v) is 13.1. The molecule has 2 aliphatic carbocycles. The fourth-order valence-electron chi connectivity index (χ4n) is 5.30. The number of rotatable bonds is 8. The molecule has 1 aromatic carbocycles. The number of halogens is 3. The van der Waals surface area contributed by atoms with E-state index in [1.54, 1.807) is 4.31 Å². The van der Waals surface area contributed by atoms with Crippen molar-refractivity contribution >= 4 is 28.2 Å². The van der Waals surface area contributed by atoms with Gasteiger partial charge >= 0.3 is 0 Å². The van der Waals surface area contributed by atoms with Crippen molar-refractivity contribution < 1.29 is 22.0 Å². The smallest absolute Gasteiger partial charge is 0.214 e. The minimum absolute atomic E-state index is 0. The van der Waals surface area contributed by atoms with E-state index >= 15 is 0 Å². The van der Waals surface area contributed by atoms with Gasteiger partial charge in [0.1, 0.15) is 11.6 Å². The van der Waals surface area contributed by atoms with E-state index in [1.807, 2.05) is 0 Å². The summed E-state index contributed by atoms with van der Waals surface area (Å²) in [6.45, 7) is 2.25. The SMILES string of the molecule is Cl.O=C(CCC1(N2CCN(S(=O)(=O)CC3CC3)CC2)CCCCC1)c1c(F)cccc1F. The Hall–Kier alpha value is -1.09. The predicted molar refractivity (Wildman–Crippen MR) is 123 cm³/mol. The van der Waals surface area contributed by atoms with Gasteiger partial charge in [-0.1, -0.05) is 25.3 Å². The zero-order valence-electron chi connectivity index (χ0n) is 18.4.